The minimum absolute atomic E-state index is 0.115. The lowest BCUT2D eigenvalue weighted by Gasteiger charge is -2.32. The van der Waals surface area contributed by atoms with Crippen LogP contribution in [0.15, 0.2) is 5.18 Å². The number of methoxy groups -OCH3 is 1. The quantitative estimate of drug-likeness (QED) is 0.290. The van der Waals surface area contributed by atoms with Gasteiger partial charge in [0, 0.05) is 7.11 Å². The molecule has 0 heterocycles. The first-order valence-electron chi connectivity index (χ1n) is 4.05. The lowest BCUT2D eigenvalue weighted by Crippen LogP contribution is -2.53. The standard InChI is InChI=1S/C7H15NO6/c1-14-7(12,4-9)6(11)5(10)2-3-8-13/h5-6,9-12H,2-4H2,1H3. The fraction of sp³-hybridized carbons (Fsp3) is 1.00. The van der Waals surface area contributed by atoms with Crippen LogP contribution in [0.2, 0.25) is 0 Å². The maximum Gasteiger partial charge on any atom is 0.218 e. The van der Waals surface area contributed by atoms with Gasteiger partial charge in [-0.3, -0.25) is 0 Å². The smallest absolute Gasteiger partial charge is 0.218 e. The second kappa shape index (κ2) is 5.99. The molecule has 0 aliphatic heterocycles. The van der Waals surface area contributed by atoms with Crippen molar-refractivity contribution in [2.75, 3.05) is 20.3 Å². The fourth-order valence-electron chi connectivity index (χ4n) is 0.922. The summed E-state index contributed by atoms with van der Waals surface area (Å²) in [7, 11) is 1.07. The normalized spacial score (nSPS) is 19.8. The molecule has 0 aromatic carbocycles. The van der Waals surface area contributed by atoms with E-state index in [0.29, 0.717) is 0 Å². The summed E-state index contributed by atoms with van der Waals surface area (Å²) in [5, 5.41) is 39.1. The van der Waals surface area contributed by atoms with Crippen molar-refractivity contribution in [2.45, 2.75) is 24.4 Å². The Hall–Kier alpha value is -0.600. The maximum atomic E-state index is 9.73. The Morgan fingerprint density at radius 2 is 2.07 bits per heavy atom. The van der Waals surface area contributed by atoms with Crippen LogP contribution in [0.4, 0.5) is 0 Å². The molecule has 0 saturated heterocycles. The summed E-state index contributed by atoms with van der Waals surface area (Å²) in [6.07, 6.45) is -3.19. The third-order valence-electron chi connectivity index (χ3n) is 1.92. The van der Waals surface area contributed by atoms with Crippen molar-refractivity contribution in [3.63, 3.8) is 0 Å². The van der Waals surface area contributed by atoms with Crippen molar-refractivity contribution < 1.29 is 25.2 Å². The summed E-state index contributed by atoms with van der Waals surface area (Å²) in [5.41, 5.74) is 0. The highest BCUT2D eigenvalue weighted by molar-refractivity contribution is 4.82. The Kier molecular flexibility index (Phi) is 5.73. The van der Waals surface area contributed by atoms with E-state index in [1.807, 2.05) is 0 Å². The van der Waals surface area contributed by atoms with Gasteiger partial charge in [0.25, 0.3) is 0 Å². The minimum Gasteiger partial charge on any atom is -0.391 e. The molecule has 0 aromatic rings. The number of aliphatic hydroxyl groups excluding tert-OH is 3. The average molecular weight is 209 g/mol. The van der Waals surface area contributed by atoms with Gasteiger partial charge in [0.2, 0.25) is 5.79 Å². The Morgan fingerprint density at radius 3 is 2.43 bits per heavy atom. The van der Waals surface area contributed by atoms with E-state index in [1.165, 1.54) is 0 Å². The second-order valence-electron chi connectivity index (χ2n) is 2.86. The molecule has 3 unspecified atom stereocenters. The molecule has 7 nitrogen and oxygen atoms in total. The first-order valence-corrected chi connectivity index (χ1v) is 4.05. The predicted octanol–water partition coefficient (Wildman–Crippen LogP) is -1.81. The van der Waals surface area contributed by atoms with Gasteiger partial charge in [0.15, 0.2) is 0 Å². The molecular weight excluding hydrogens is 194 g/mol. The molecule has 0 rings (SSSR count). The summed E-state index contributed by atoms with van der Waals surface area (Å²) in [4.78, 5) is 9.73. The molecule has 14 heavy (non-hydrogen) atoms. The van der Waals surface area contributed by atoms with E-state index in [4.69, 9.17) is 5.11 Å². The molecule has 0 bridgehead atoms. The monoisotopic (exact) mass is 209 g/mol. The van der Waals surface area contributed by atoms with Crippen LogP contribution in [0.1, 0.15) is 6.42 Å². The average Bonchev–Trinajstić information content (AvgIpc) is 2.23. The zero-order chi connectivity index (χ0) is 11.2. The van der Waals surface area contributed by atoms with Crippen LogP contribution in [0, 0.1) is 4.91 Å². The molecule has 0 radical (unpaired) electrons. The summed E-state index contributed by atoms with van der Waals surface area (Å²) in [6.45, 7) is -1.06. The number of aliphatic hydroxyl groups is 4. The highest BCUT2D eigenvalue weighted by Gasteiger charge is 2.39. The molecular formula is C7H15NO6. The van der Waals surface area contributed by atoms with Crippen LogP contribution < -0.4 is 0 Å². The van der Waals surface area contributed by atoms with Gasteiger partial charge in [0.05, 0.1) is 19.3 Å². The zero-order valence-electron chi connectivity index (χ0n) is 7.83. The largest absolute Gasteiger partial charge is 0.391 e. The lowest BCUT2D eigenvalue weighted by atomic mass is 10.0. The summed E-state index contributed by atoms with van der Waals surface area (Å²) >= 11 is 0. The van der Waals surface area contributed by atoms with Gasteiger partial charge >= 0.3 is 0 Å². The molecule has 0 spiro atoms. The first-order chi connectivity index (χ1) is 6.51. The number of ether oxygens (including phenoxy) is 1. The zero-order valence-corrected chi connectivity index (χ0v) is 7.83. The summed E-state index contributed by atoms with van der Waals surface area (Å²) in [5.74, 6) is -2.22. The number of rotatable bonds is 7. The second-order valence-corrected chi connectivity index (χ2v) is 2.86. The first kappa shape index (κ1) is 13.4. The number of hydrogen-bond donors (Lipinski definition) is 4. The van der Waals surface area contributed by atoms with E-state index in [0.717, 1.165) is 7.11 Å². The Bertz CT molecular complexity index is 172. The van der Waals surface area contributed by atoms with Crippen LogP contribution in [0.5, 0.6) is 0 Å². The molecule has 0 amide bonds. The van der Waals surface area contributed by atoms with Gasteiger partial charge < -0.3 is 25.2 Å². The van der Waals surface area contributed by atoms with E-state index in [1.54, 1.807) is 0 Å². The third kappa shape index (κ3) is 3.28. The molecule has 0 aliphatic carbocycles. The van der Waals surface area contributed by atoms with Gasteiger partial charge in [-0.25, -0.2) is 0 Å². The minimum atomic E-state index is -2.22. The summed E-state index contributed by atoms with van der Waals surface area (Å²) < 4.78 is 4.44. The van der Waals surface area contributed by atoms with Gasteiger partial charge in [-0.2, -0.15) is 4.91 Å². The molecule has 0 aromatic heterocycles. The van der Waals surface area contributed by atoms with Crippen LogP contribution in [-0.4, -0.2) is 58.7 Å². The molecule has 3 atom stereocenters. The van der Waals surface area contributed by atoms with Gasteiger partial charge in [-0.05, 0) is 6.42 Å². The van der Waals surface area contributed by atoms with Crippen molar-refractivity contribution in [1.29, 1.82) is 0 Å². The van der Waals surface area contributed by atoms with Crippen LogP contribution >= 0.6 is 0 Å². The molecule has 0 saturated carbocycles. The van der Waals surface area contributed by atoms with E-state index < -0.39 is 24.6 Å². The van der Waals surface area contributed by atoms with Crippen LogP contribution in [0.25, 0.3) is 0 Å². The number of nitrogens with zero attached hydrogens (tertiary/aromatic N) is 1. The van der Waals surface area contributed by atoms with E-state index >= 15 is 0 Å². The Balaban J connectivity index is 4.26. The Labute approximate surface area is 80.9 Å². The molecule has 84 valence electrons. The highest BCUT2D eigenvalue weighted by Crippen LogP contribution is 2.16. The fourth-order valence-corrected chi connectivity index (χ4v) is 0.922. The van der Waals surface area contributed by atoms with E-state index in [-0.39, 0.29) is 13.0 Å². The Morgan fingerprint density at radius 1 is 1.50 bits per heavy atom. The molecule has 0 fully saturated rings. The van der Waals surface area contributed by atoms with Crippen molar-refractivity contribution in [3.8, 4) is 0 Å². The predicted molar refractivity (Wildman–Crippen MR) is 46.3 cm³/mol. The van der Waals surface area contributed by atoms with Crippen molar-refractivity contribution in [2.24, 2.45) is 5.18 Å². The third-order valence-corrected chi connectivity index (χ3v) is 1.92. The molecule has 7 heteroatoms. The van der Waals surface area contributed by atoms with Gasteiger partial charge in [0.1, 0.15) is 6.10 Å². The topological polar surface area (TPSA) is 120 Å². The molecule has 0 aliphatic rings. The van der Waals surface area contributed by atoms with Gasteiger partial charge in [-0.1, -0.05) is 5.18 Å². The lowest BCUT2D eigenvalue weighted by molar-refractivity contribution is -0.277. The van der Waals surface area contributed by atoms with Crippen molar-refractivity contribution in [3.05, 3.63) is 4.91 Å². The van der Waals surface area contributed by atoms with Gasteiger partial charge in [-0.15, -0.1) is 0 Å². The summed E-state index contributed by atoms with van der Waals surface area (Å²) in [6, 6.07) is 0. The van der Waals surface area contributed by atoms with Crippen LogP contribution in [-0.2, 0) is 4.74 Å². The van der Waals surface area contributed by atoms with Crippen molar-refractivity contribution in [1.82, 2.24) is 0 Å². The highest BCUT2D eigenvalue weighted by atomic mass is 16.6. The number of hydrogen-bond acceptors (Lipinski definition) is 7. The van der Waals surface area contributed by atoms with Crippen molar-refractivity contribution >= 4 is 0 Å². The van der Waals surface area contributed by atoms with Crippen LogP contribution in [0.3, 0.4) is 0 Å². The maximum absolute atomic E-state index is 9.73. The SMILES string of the molecule is COC(O)(CO)C(O)C(O)CCN=O. The van der Waals surface area contributed by atoms with E-state index in [9.17, 15) is 20.2 Å². The van der Waals surface area contributed by atoms with E-state index in [2.05, 4.69) is 9.91 Å². The number of nitroso groups, excluding NO2 is 1. The molecule has 4 N–H and O–H groups in total.